The van der Waals surface area contributed by atoms with Crippen LogP contribution < -0.4 is 0 Å². The van der Waals surface area contributed by atoms with E-state index >= 15 is 0 Å². The van der Waals surface area contributed by atoms with Crippen molar-refractivity contribution in [2.45, 2.75) is 26.8 Å². The zero-order valence-electron chi connectivity index (χ0n) is 12.7. The van der Waals surface area contributed by atoms with Crippen LogP contribution >= 0.6 is 0 Å². The lowest BCUT2D eigenvalue weighted by Gasteiger charge is -2.06. The maximum absolute atomic E-state index is 5.71. The Morgan fingerprint density at radius 1 is 1.05 bits per heavy atom. The molecule has 0 N–H and O–H groups in total. The minimum Gasteiger partial charge on any atom is -0.474 e. The molecule has 3 heteroatoms. The predicted molar refractivity (Wildman–Crippen MR) is 85.5 cm³/mol. The Hall–Kier alpha value is -2.16. The van der Waals surface area contributed by atoms with E-state index in [1.807, 2.05) is 18.2 Å². The largest absolute Gasteiger partial charge is 0.474 e. The molecule has 2 aromatic rings. The molecule has 0 amide bonds. The minimum atomic E-state index is 0.241. The monoisotopic (exact) mass is 280 g/mol. The quantitative estimate of drug-likeness (QED) is 0.855. The summed E-state index contributed by atoms with van der Waals surface area (Å²) in [4.78, 5) is 9.33. The first-order valence-electron chi connectivity index (χ1n) is 7.38. The van der Waals surface area contributed by atoms with Crippen molar-refractivity contribution in [2.75, 3.05) is 6.61 Å². The number of aliphatic imine (C=N–C) groups is 1. The van der Waals surface area contributed by atoms with Crippen LogP contribution in [0.5, 0.6) is 0 Å². The van der Waals surface area contributed by atoms with E-state index in [1.165, 1.54) is 5.56 Å². The normalized spacial score (nSPS) is 17.7. The van der Waals surface area contributed by atoms with Crippen molar-refractivity contribution in [3.8, 4) is 11.3 Å². The predicted octanol–water partition coefficient (Wildman–Crippen LogP) is 3.86. The van der Waals surface area contributed by atoms with Gasteiger partial charge in [0.1, 0.15) is 12.3 Å². The van der Waals surface area contributed by atoms with E-state index in [0.717, 1.165) is 17.0 Å². The lowest BCUT2D eigenvalue weighted by Crippen LogP contribution is -2.13. The van der Waals surface area contributed by atoms with Gasteiger partial charge in [0.2, 0.25) is 5.90 Å². The number of pyridine rings is 1. The maximum Gasteiger partial charge on any atom is 0.235 e. The molecule has 3 rings (SSSR count). The number of hydrogen-bond donors (Lipinski definition) is 0. The van der Waals surface area contributed by atoms with Gasteiger partial charge in [-0.2, -0.15) is 0 Å². The maximum atomic E-state index is 5.71. The summed E-state index contributed by atoms with van der Waals surface area (Å²) in [6.45, 7) is 7.07. The Bertz CT molecular complexity index is 659. The molecule has 3 nitrogen and oxygen atoms in total. The zero-order valence-corrected chi connectivity index (χ0v) is 12.7. The number of benzene rings is 1. The van der Waals surface area contributed by atoms with Gasteiger partial charge >= 0.3 is 0 Å². The molecule has 1 atom stereocenters. The summed E-state index contributed by atoms with van der Waals surface area (Å²) in [6, 6.07) is 14.6. The fourth-order valence-electron chi connectivity index (χ4n) is 2.31. The van der Waals surface area contributed by atoms with E-state index in [0.29, 0.717) is 18.4 Å². The molecule has 0 saturated heterocycles. The molecule has 1 aromatic heterocycles. The molecular formula is C18H20N2O. The van der Waals surface area contributed by atoms with Gasteiger partial charge in [-0.3, -0.25) is 0 Å². The smallest absolute Gasteiger partial charge is 0.235 e. The number of aryl methyl sites for hydroxylation is 1. The molecule has 0 unspecified atom stereocenters. The van der Waals surface area contributed by atoms with E-state index in [1.54, 1.807) is 0 Å². The molecule has 0 spiro atoms. The van der Waals surface area contributed by atoms with Crippen LogP contribution in [0.15, 0.2) is 47.5 Å². The van der Waals surface area contributed by atoms with Crippen molar-refractivity contribution in [1.82, 2.24) is 4.98 Å². The summed E-state index contributed by atoms with van der Waals surface area (Å²) < 4.78 is 5.71. The molecule has 0 saturated carbocycles. The Kier molecular flexibility index (Phi) is 3.74. The Balaban J connectivity index is 1.90. The van der Waals surface area contributed by atoms with Gasteiger partial charge in [-0.25, -0.2) is 9.98 Å². The number of hydrogen-bond acceptors (Lipinski definition) is 3. The third-order valence-electron chi connectivity index (χ3n) is 3.76. The lowest BCUT2D eigenvalue weighted by molar-refractivity contribution is 0.291. The molecule has 2 heterocycles. The van der Waals surface area contributed by atoms with Crippen molar-refractivity contribution in [2.24, 2.45) is 10.9 Å². The fourth-order valence-corrected chi connectivity index (χ4v) is 2.31. The van der Waals surface area contributed by atoms with E-state index in [-0.39, 0.29) is 6.04 Å². The van der Waals surface area contributed by atoms with Crippen molar-refractivity contribution in [3.63, 3.8) is 0 Å². The first-order valence-corrected chi connectivity index (χ1v) is 7.38. The second kappa shape index (κ2) is 5.68. The number of rotatable bonds is 3. The summed E-state index contributed by atoms with van der Waals surface area (Å²) in [5.41, 5.74) is 4.13. The molecule has 1 aromatic carbocycles. The van der Waals surface area contributed by atoms with Crippen molar-refractivity contribution >= 4 is 5.90 Å². The Morgan fingerprint density at radius 3 is 2.43 bits per heavy atom. The Morgan fingerprint density at radius 2 is 1.76 bits per heavy atom. The molecule has 1 aliphatic heterocycles. The van der Waals surface area contributed by atoms with Crippen LogP contribution in [0, 0.1) is 12.8 Å². The highest BCUT2D eigenvalue weighted by Gasteiger charge is 2.23. The van der Waals surface area contributed by atoms with Crippen molar-refractivity contribution in [1.29, 1.82) is 0 Å². The fraction of sp³-hybridized carbons (Fsp3) is 0.333. The molecule has 0 aliphatic carbocycles. The van der Waals surface area contributed by atoms with Gasteiger partial charge in [0.05, 0.1) is 11.7 Å². The van der Waals surface area contributed by atoms with E-state index in [4.69, 9.17) is 9.72 Å². The number of ether oxygens (including phenoxy) is 1. The second-order valence-corrected chi connectivity index (χ2v) is 5.83. The summed E-state index contributed by atoms with van der Waals surface area (Å²) >= 11 is 0. The van der Waals surface area contributed by atoms with E-state index in [9.17, 15) is 0 Å². The van der Waals surface area contributed by atoms with Gasteiger partial charge in [-0.15, -0.1) is 0 Å². The van der Waals surface area contributed by atoms with Crippen LogP contribution in [0.2, 0.25) is 0 Å². The van der Waals surface area contributed by atoms with Gasteiger partial charge < -0.3 is 4.74 Å². The van der Waals surface area contributed by atoms with Crippen LogP contribution in [0.4, 0.5) is 0 Å². The third-order valence-corrected chi connectivity index (χ3v) is 3.76. The molecular weight excluding hydrogens is 260 g/mol. The van der Waals surface area contributed by atoms with Gasteiger partial charge in [0, 0.05) is 5.56 Å². The van der Waals surface area contributed by atoms with Crippen LogP contribution in [0.1, 0.15) is 25.1 Å². The van der Waals surface area contributed by atoms with Crippen LogP contribution in [0.25, 0.3) is 11.3 Å². The van der Waals surface area contributed by atoms with Gasteiger partial charge in [0.25, 0.3) is 0 Å². The summed E-state index contributed by atoms with van der Waals surface area (Å²) in [5.74, 6) is 1.16. The highest BCUT2D eigenvalue weighted by atomic mass is 16.5. The average molecular weight is 280 g/mol. The van der Waals surface area contributed by atoms with Crippen LogP contribution in [-0.4, -0.2) is 23.5 Å². The molecule has 0 radical (unpaired) electrons. The summed E-state index contributed by atoms with van der Waals surface area (Å²) in [6.07, 6.45) is 0. The zero-order chi connectivity index (χ0) is 14.8. The first kappa shape index (κ1) is 13.8. The minimum absolute atomic E-state index is 0.241. The average Bonchev–Trinajstić information content (AvgIpc) is 2.98. The topological polar surface area (TPSA) is 34.5 Å². The summed E-state index contributed by atoms with van der Waals surface area (Å²) in [5, 5.41) is 0. The molecule has 0 bridgehead atoms. The molecule has 0 fully saturated rings. The number of nitrogens with zero attached hydrogens (tertiary/aromatic N) is 2. The van der Waals surface area contributed by atoms with Crippen molar-refractivity contribution in [3.05, 3.63) is 53.7 Å². The highest BCUT2D eigenvalue weighted by Crippen LogP contribution is 2.21. The summed E-state index contributed by atoms with van der Waals surface area (Å²) in [7, 11) is 0. The van der Waals surface area contributed by atoms with Gasteiger partial charge in [-0.1, -0.05) is 49.7 Å². The van der Waals surface area contributed by atoms with Crippen molar-refractivity contribution < 1.29 is 4.74 Å². The highest BCUT2D eigenvalue weighted by molar-refractivity contribution is 5.93. The van der Waals surface area contributed by atoms with E-state index in [2.05, 4.69) is 50.0 Å². The molecule has 108 valence electrons. The Labute approximate surface area is 125 Å². The van der Waals surface area contributed by atoms with E-state index < -0.39 is 0 Å². The number of aromatic nitrogens is 1. The SMILES string of the molecule is Cc1ccc(-c2cccc(C3=N[C@@H](C(C)C)CO3)n2)cc1. The third kappa shape index (κ3) is 2.97. The molecule has 1 aliphatic rings. The van der Waals surface area contributed by atoms with Crippen LogP contribution in [0.3, 0.4) is 0 Å². The van der Waals surface area contributed by atoms with Gasteiger partial charge in [0.15, 0.2) is 0 Å². The second-order valence-electron chi connectivity index (χ2n) is 5.83. The van der Waals surface area contributed by atoms with Crippen LogP contribution in [-0.2, 0) is 4.74 Å². The van der Waals surface area contributed by atoms with Gasteiger partial charge in [-0.05, 0) is 25.0 Å². The lowest BCUT2D eigenvalue weighted by atomic mass is 10.1. The first-order chi connectivity index (χ1) is 10.1. The molecule has 21 heavy (non-hydrogen) atoms. The standard InChI is InChI=1S/C18H20N2O/c1-12(2)17-11-21-18(20-17)16-6-4-5-15(19-16)14-9-7-13(3)8-10-14/h4-10,12,17H,11H2,1-3H3/t17-/m1/s1.